The molecule has 6 fully saturated rings. The number of anilines is 1. The number of aryl methyl sites for hydroxylation is 1. The van der Waals surface area contributed by atoms with Crippen molar-refractivity contribution < 1.29 is 23.4 Å². The highest BCUT2D eigenvalue weighted by atomic mass is 19.1. The van der Waals surface area contributed by atoms with Crippen molar-refractivity contribution in [1.82, 2.24) is 50.1 Å². The first-order chi connectivity index (χ1) is 36.0. The Morgan fingerprint density at radius 1 is 0.973 bits per heavy atom. The van der Waals surface area contributed by atoms with Crippen LogP contribution in [0.2, 0.25) is 0 Å². The lowest BCUT2D eigenvalue weighted by atomic mass is 9.87. The monoisotopic (exact) mass is 1000 g/mol. The second kappa shape index (κ2) is 19.8. The fraction of sp³-hybridized carbons (Fsp3) is 0.500. The van der Waals surface area contributed by atoms with Crippen molar-refractivity contribution >= 4 is 44.3 Å². The Balaban J connectivity index is 0.667. The number of pyridine rings is 1. The average Bonchev–Trinajstić information content (AvgIpc) is 3.98. The predicted octanol–water partition coefficient (Wildman–Crippen LogP) is 7.62. The minimum absolute atomic E-state index is 0.00418. The zero-order chi connectivity index (χ0) is 50.8. The fourth-order valence-corrected chi connectivity index (χ4v) is 13.2. The van der Waals surface area contributed by atoms with Crippen LogP contribution in [0.15, 0.2) is 61.3 Å². The van der Waals surface area contributed by atoms with Crippen LogP contribution < -0.4 is 20.3 Å². The number of amides is 1. The standard InChI is InChI=1S/C58H67F2N11O3/c1-5-7-8-45(56(73)61-3)52-44-13-9-36(26-49(44)67(4)66-52)35-15-23-69(24-16-35)41-31-70(32-41)40-17-21-68(22-18-40)33-58(19-20-58)34-74-57-64-54-47(55(65-57)71-29-38-11-12-39(30-71)63-38)28-62-53(51(54)60)46-27-42(72)25-37-10-14-48(59)43(6-2)50(37)46/h2,5,9-10,13-14,25-28,35,38-41,45,63,72H,1,7-8,11-12,15-24,29-34H2,3-4H3,(H,61,73). The van der Waals surface area contributed by atoms with Gasteiger partial charge in [0.25, 0.3) is 0 Å². The average molecular weight is 1000 g/mol. The minimum Gasteiger partial charge on any atom is -0.508 e. The van der Waals surface area contributed by atoms with E-state index in [9.17, 15) is 9.90 Å². The number of allylic oxidation sites excluding steroid dienone is 1. The summed E-state index contributed by atoms with van der Waals surface area (Å²) >= 11 is 0. The molecular formula is C58H67F2N11O3. The molecule has 6 aromatic rings. The van der Waals surface area contributed by atoms with Gasteiger partial charge in [-0.05, 0) is 132 Å². The van der Waals surface area contributed by atoms with E-state index in [0.717, 1.165) is 133 Å². The van der Waals surface area contributed by atoms with E-state index in [1.54, 1.807) is 13.2 Å². The maximum absolute atomic E-state index is 17.2. The van der Waals surface area contributed by atoms with Gasteiger partial charge in [-0.2, -0.15) is 15.1 Å². The predicted molar refractivity (Wildman–Crippen MR) is 284 cm³/mol. The molecule has 1 amide bonds. The lowest BCUT2D eigenvalue weighted by Gasteiger charge is -2.52. The first-order valence-electron chi connectivity index (χ1n) is 26.9. The zero-order valence-electron chi connectivity index (χ0n) is 42.6. The number of piperazine rings is 1. The number of ether oxygens (including phenoxy) is 1. The molecule has 74 heavy (non-hydrogen) atoms. The van der Waals surface area contributed by atoms with Crippen LogP contribution in [0.1, 0.15) is 92.9 Å². The first-order valence-corrected chi connectivity index (χ1v) is 26.9. The highest BCUT2D eigenvalue weighted by Crippen LogP contribution is 2.48. The molecule has 14 nitrogen and oxygen atoms in total. The number of piperidine rings is 2. The van der Waals surface area contributed by atoms with Gasteiger partial charge in [0.15, 0.2) is 5.82 Å². The molecule has 3 aromatic carbocycles. The van der Waals surface area contributed by atoms with Gasteiger partial charge in [0.1, 0.15) is 28.6 Å². The summed E-state index contributed by atoms with van der Waals surface area (Å²) in [5.41, 5.74) is 3.42. The zero-order valence-corrected chi connectivity index (χ0v) is 42.6. The number of carbonyl (C=O) groups is 1. The van der Waals surface area contributed by atoms with Gasteiger partial charge in [-0.25, -0.2) is 8.78 Å². The number of aromatic hydroxyl groups is 1. The molecule has 8 heterocycles. The van der Waals surface area contributed by atoms with Crippen molar-refractivity contribution in [1.29, 1.82) is 0 Å². The number of carbonyl (C=O) groups excluding carboxylic acids is 1. The van der Waals surface area contributed by atoms with Crippen LogP contribution in [-0.2, 0) is 11.8 Å². The number of terminal acetylenes is 1. The summed E-state index contributed by atoms with van der Waals surface area (Å²) in [4.78, 5) is 37.4. The summed E-state index contributed by atoms with van der Waals surface area (Å²) < 4.78 is 40.7. The van der Waals surface area contributed by atoms with Crippen molar-refractivity contribution in [3.63, 3.8) is 0 Å². The molecule has 5 saturated heterocycles. The van der Waals surface area contributed by atoms with E-state index in [1.807, 2.05) is 17.8 Å². The number of hydrogen-bond donors (Lipinski definition) is 3. The first kappa shape index (κ1) is 48.7. The summed E-state index contributed by atoms with van der Waals surface area (Å²) in [5, 5.41) is 24.4. The molecule has 386 valence electrons. The molecule has 0 spiro atoms. The Kier molecular flexibility index (Phi) is 13.0. The Labute approximate surface area is 431 Å². The van der Waals surface area contributed by atoms with Crippen molar-refractivity contribution in [3.8, 4) is 35.4 Å². The Morgan fingerprint density at radius 3 is 2.46 bits per heavy atom. The molecule has 2 bridgehead atoms. The van der Waals surface area contributed by atoms with Gasteiger partial charge in [0, 0.05) is 98.9 Å². The molecule has 1 saturated carbocycles. The number of phenols is 1. The number of nitrogens with one attached hydrogen (secondary N) is 2. The highest BCUT2D eigenvalue weighted by Gasteiger charge is 2.46. The maximum Gasteiger partial charge on any atom is 0.319 e. The summed E-state index contributed by atoms with van der Waals surface area (Å²) in [6.07, 6.45) is 19.5. The number of rotatable bonds is 15. The number of hydrogen-bond acceptors (Lipinski definition) is 12. The van der Waals surface area contributed by atoms with Crippen LogP contribution in [-0.4, -0.2) is 147 Å². The third kappa shape index (κ3) is 9.13. The quantitative estimate of drug-likeness (QED) is 0.0689. The van der Waals surface area contributed by atoms with Gasteiger partial charge in [0.05, 0.1) is 34.7 Å². The maximum atomic E-state index is 17.2. The SMILES string of the molecule is C#Cc1c(F)ccc2cc(O)cc(-c3ncc4c(N5CC6CCC(C5)N6)nc(OCC5(CN6CCC(N7CC(N8CCC(c9ccc%10c(C(CCC=C)C(=O)NC)nn(C)c%10c9)CC8)C7)CC6)CC5)nc4c3F)c12. The van der Waals surface area contributed by atoms with Crippen LogP contribution in [0, 0.1) is 29.4 Å². The summed E-state index contributed by atoms with van der Waals surface area (Å²) in [6.45, 7) is 13.3. The second-order valence-corrected chi connectivity index (χ2v) is 22.2. The van der Waals surface area contributed by atoms with E-state index < -0.39 is 11.6 Å². The largest absolute Gasteiger partial charge is 0.508 e. The Hall–Kier alpha value is -6.25. The summed E-state index contributed by atoms with van der Waals surface area (Å²) in [5.74, 6) is 1.78. The van der Waals surface area contributed by atoms with E-state index >= 15 is 8.78 Å². The van der Waals surface area contributed by atoms with Gasteiger partial charge >= 0.3 is 6.01 Å². The second-order valence-electron chi connectivity index (χ2n) is 22.2. The number of benzene rings is 3. The van der Waals surface area contributed by atoms with E-state index in [2.05, 4.69) is 65.9 Å². The number of phenolic OH excluding ortho intramolecular Hbond substituents is 1. The van der Waals surface area contributed by atoms with Gasteiger partial charge in [0.2, 0.25) is 5.91 Å². The molecule has 3 N–H and O–H groups in total. The van der Waals surface area contributed by atoms with Gasteiger partial charge in [-0.15, -0.1) is 13.0 Å². The van der Waals surface area contributed by atoms with Gasteiger partial charge in [-0.1, -0.05) is 30.2 Å². The molecule has 16 heteroatoms. The topological polar surface area (TPSA) is 140 Å². The molecule has 0 radical (unpaired) electrons. The molecule has 1 aliphatic carbocycles. The van der Waals surface area contributed by atoms with Crippen LogP contribution >= 0.6 is 0 Å². The molecule has 3 unspecified atom stereocenters. The third-order valence-electron chi connectivity index (χ3n) is 17.6. The van der Waals surface area contributed by atoms with E-state index in [-0.39, 0.29) is 51.3 Å². The lowest BCUT2D eigenvalue weighted by Crippen LogP contribution is -2.64. The van der Waals surface area contributed by atoms with Gasteiger partial charge < -0.3 is 30.3 Å². The summed E-state index contributed by atoms with van der Waals surface area (Å²) in [7, 11) is 3.68. The van der Waals surface area contributed by atoms with Crippen LogP contribution in [0.4, 0.5) is 14.6 Å². The third-order valence-corrected chi connectivity index (χ3v) is 17.6. The van der Waals surface area contributed by atoms with Crippen LogP contribution in [0.5, 0.6) is 11.8 Å². The molecule has 3 atom stereocenters. The van der Waals surface area contributed by atoms with Crippen molar-refractivity contribution in [2.24, 2.45) is 12.5 Å². The van der Waals surface area contributed by atoms with E-state index in [1.165, 1.54) is 29.8 Å². The molecule has 3 aromatic heterocycles. The number of aromatic nitrogens is 5. The number of halogens is 2. The van der Waals surface area contributed by atoms with Crippen molar-refractivity contribution in [3.05, 3.63) is 89.8 Å². The highest BCUT2D eigenvalue weighted by molar-refractivity contribution is 6.03. The number of fused-ring (bicyclic) bond motifs is 5. The molecule has 12 rings (SSSR count). The lowest BCUT2D eigenvalue weighted by molar-refractivity contribution is -0.122. The molecule has 6 aliphatic rings. The normalized spacial score (nSPS) is 22.3. The Morgan fingerprint density at radius 2 is 1.74 bits per heavy atom. The van der Waals surface area contributed by atoms with E-state index in [0.29, 0.717) is 65.1 Å². The van der Waals surface area contributed by atoms with E-state index in [4.69, 9.17) is 26.2 Å². The fourth-order valence-electron chi connectivity index (χ4n) is 13.2. The smallest absolute Gasteiger partial charge is 0.319 e. The van der Waals surface area contributed by atoms with Gasteiger partial charge in [-0.3, -0.25) is 24.3 Å². The number of likely N-dealkylation sites (N-methyl/N-ethyl adjacent to an activating group) is 1. The summed E-state index contributed by atoms with van der Waals surface area (Å²) in [6, 6.07) is 14.3. The van der Waals surface area contributed by atoms with Crippen molar-refractivity contribution in [2.45, 2.75) is 100 Å². The Bertz CT molecular complexity index is 3170. The minimum atomic E-state index is -0.713. The number of likely N-dealkylation sites (tertiary alicyclic amines) is 3. The molecule has 5 aliphatic heterocycles. The number of nitrogens with zero attached hydrogens (tertiary/aromatic N) is 9. The van der Waals surface area contributed by atoms with Crippen LogP contribution in [0.3, 0.4) is 0 Å². The van der Waals surface area contributed by atoms with Crippen molar-refractivity contribution in [2.75, 3.05) is 77.5 Å². The van der Waals surface area contributed by atoms with Crippen LogP contribution in [0.25, 0.3) is 43.8 Å². The molecular weight excluding hydrogens is 937 g/mol.